The van der Waals surface area contributed by atoms with Crippen LogP contribution >= 0.6 is 0 Å². The fourth-order valence-corrected chi connectivity index (χ4v) is 4.10. The minimum atomic E-state index is -3.35. The van der Waals surface area contributed by atoms with Crippen LogP contribution in [0.4, 0.5) is 5.69 Å². The number of benzene rings is 1. The van der Waals surface area contributed by atoms with Gasteiger partial charge in [-0.05, 0) is 48.9 Å². The molecule has 19 heavy (non-hydrogen) atoms. The van der Waals surface area contributed by atoms with Gasteiger partial charge in [0.1, 0.15) is 0 Å². The van der Waals surface area contributed by atoms with Crippen LogP contribution in [0.3, 0.4) is 0 Å². The molecule has 2 N–H and O–H groups in total. The van der Waals surface area contributed by atoms with Crippen molar-refractivity contribution in [2.45, 2.75) is 43.5 Å². The Morgan fingerprint density at radius 3 is 3.00 bits per heavy atom. The van der Waals surface area contributed by atoms with Crippen molar-refractivity contribution in [3.63, 3.8) is 0 Å². The second kappa shape index (κ2) is 4.80. The van der Waals surface area contributed by atoms with Gasteiger partial charge in [0.2, 0.25) is 10.0 Å². The quantitative estimate of drug-likeness (QED) is 0.888. The summed E-state index contributed by atoms with van der Waals surface area (Å²) in [5.74, 6) is 0.522. The number of rotatable bonds is 4. The van der Waals surface area contributed by atoms with E-state index in [-0.39, 0.29) is 6.04 Å². The van der Waals surface area contributed by atoms with Crippen molar-refractivity contribution in [3.8, 4) is 0 Å². The van der Waals surface area contributed by atoms with E-state index in [2.05, 4.69) is 17.0 Å². The average molecular weight is 280 g/mol. The zero-order chi connectivity index (χ0) is 13.5. The van der Waals surface area contributed by atoms with Gasteiger partial charge in [-0.1, -0.05) is 13.3 Å². The van der Waals surface area contributed by atoms with Gasteiger partial charge in [0, 0.05) is 18.3 Å². The first-order valence-corrected chi connectivity index (χ1v) is 8.47. The van der Waals surface area contributed by atoms with Crippen LogP contribution in [0, 0.1) is 5.92 Å². The second-order valence-electron chi connectivity index (χ2n) is 5.48. The van der Waals surface area contributed by atoms with E-state index in [0.29, 0.717) is 10.8 Å². The number of anilines is 1. The normalized spacial score (nSPS) is 25.5. The molecule has 4 nitrogen and oxygen atoms in total. The van der Waals surface area contributed by atoms with Crippen LogP contribution in [0.25, 0.3) is 0 Å². The number of hydrogen-bond acceptors (Lipinski definition) is 3. The molecule has 104 valence electrons. The summed E-state index contributed by atoms with van der Waals surface area (Å²) in [6, 6.07) is 5.53. The van der Waals surface area contributed by atoms with Crippen LogP contribution in [0.5, 0.6) is 0 Å². The Kier molecular flexibility index (Phi) is 3.27. The Morgan fingerprint density at radius 2 is 2.26 bits per heavy atom. The summed E-state index contributed by atoms with van der Waals surface area (Å²) >= 11 is 0. The van der Waals surface area contributed by atoms with E-state index >= 15 is 0 Å². The van der Waals surface area contributed by atoms with Gasteiger partial charge in [0.15, 0.2) is 0 Å². The number of nitrogens with one attached hydrogen (secondary N) is 2. The van der Waals surface area contributed by atoms with Gasteiger partial charge < -0.3 is 5.32 Å². The highest BCUT2D eigenvalue weighted by atomic mass is 32.2. The lowest BCUT2D eigenvalue weighted by molar-refractivity contribution is 0.575. The molecule has 0 radical (unpaired) electrons. The summed E-state index contributed by atoms with van der Waals surface area (Å²) in [7, 11) is -3.35. The van der Waals surface area contributed by atoms with Crippen LogP contribution in [0.15, 0.2) is 23.1 Å². The third-order valence-corrected chi connectivity index (χ3v) is 5.57. The molecule has 2 atom stereocenters. The zero-order valence-electron chi connectivity index (χ0n) is 11.1. The molecule has 1 aromatic rings. The molecule has 0 aromatic heterocycles. The van der Waals surface area contributed by atoms with E-state index in [0.717, 1.165) is 43.5 Å². The Hall–Kier alpha value is -1.07. The Bertz CT molecular complexity index is 583. The standard InChI is InChI=1S/C14H20N2O2S/c1-2-10-9-14(10)16-19(17,18)12-5-6-13-11(8-12)4-3-7-15-13/h5-6,8,10,14-16H,2-4,7,9H2,1H3. The SMILES string of the molecule is CCC1CC1NS(=O)(=O)c1ccc2c(c1)CCCN2. The van der Waals surface area contributed by atoms with Crippen molar-refractivity contribution in [2.24, 2.45) is 5.92 Å². The molecule has 2 unspecified atom stereocenters. The summed E-state index contributed by atoms with van der Waals surface area (Å²) in [4.78, 5) is 0.400. The maximum atomic E-state index is 12.3. The van der Waals surface area contributed by atoms with Gasteiger partial charge in [0.05, 0.1) is 4.90 Å². The third-order valence-electron chi connectivity index (χ3n) is 4.08. The molecule has 1 aliphatic heterocycles. The highest BCUT2D eigenvalue weighted by Crippen LogP contribution is 2.34. The summed E-state index contributed by atoms with van der Waals surface area (Å²) in [5, 5.41) is 3.30. The van der Waals surface area contributed by atoms with E-state index in [1.54, 1.807) is 6.07 Å². The Labute approximate surface area is 114 Å². The maximum Gasteiger partial charge on any atom is 0.240 e. The van der Waals surface area contributed by atoms with Crippen LogP contribution < -0.4 is 10.0 Å². The van der Waals surface area contributed by atoms with Crippen LogP contribution in [-0.4, -0.2) is 21.0 Å². The Balaban J connectivity index is 1.81. The van der Waals surface area contributed by atoms with Crippen molar-refractivity contribution < 1.29 is 8.42 Å². The molecule has 0 amide bonds. The molecule has 2 aliphatic rings. The minimum absolute atomic E-state index is 0.143. The molecule has 0 bridgehead atoms. The van der Waals surface area contributed by atoms with E-state index in [1.807, 2.05) is 12.1 Å². The third kappa shape index (κ3) is 2.62. The molecule has 1 heterocycles. The van der Waals surface area contributed by atoms with Crippen LogP contribution in [0.2, 0.25) is 0 Å². The number of hydrogen-bond donors (Lipinski definition) is 2. The lowest BCUT2D eigenvalue weighted by Crippen LogP contribution is -2.27. The molecular weight excluding hydrogens is 260 g/mol. The molecule has 3 rings (SSSR count). The van der Waals surface area contributed by atoms with Crippen molar-refractivity contribution in [1.29, 1.82) is 0 Å². The lowest BCUT2D eigenvalue weighted by Gasteiger charge is -2.18. The molecule has 0 saturated heterocycles. The van der Waals surface area contributed by atoms with Crippen LogP contribution in [-0.2, 0) is 16.4 Å². The topological polar surface area (TPSA) is 58.2 Å². The van der Waals surface area contributed by atoms with E-state index in [9.17, 15) is 8.42 Å². The van der Waals surface area contributed by atoms with Crippen molar-refractivity contribution in [2.75, 3.05) is 11.9 Å². The van der Waals surface area contributed by atoms with Gasteiger partial charge >= 0.3 is 0 Å². The lowest BCUT2D eigenvalue weighted by atomic mass is 10.0. The smallest absolute Gasteiger partial charge is 0.240 e. The summed E-state index contributed by atoms with van der Waals surface area (Å²) in [6.07, 6.45) is 4.03. The predicted octanol–water partition coefficient (Wildman–Crippen LogP) is 2.12. The fourth-order valence-electron chi connectivity index (χ4n) is 2.73. The average Bonchev–Trinajstić information content (AvgIpc) is 3.15. The monoisotopic (exact) mass is 280 g/mol. The highest BCUT2D eigenvalue weighted by Gasteiger charge is 2.38. The van der Waals surface area contributed by atoms with Gasteiger partial charge in [-0.15, -0.1) is 0 Å². The molecule has 1 aromatic carbocycles. The van der Waals surface area contributed by atoms with E-state index in [1.165, 1.54) is 0 Å². The van der Waals surface area contributed by atoms with E-state index < -0.39 is 10.0 Å². The van der Waals surface area contributed by atoms with E-state index in [4.69, 9.17) is 0 Å². The van der Waals surface area contributed by atoms with Gasteiger partial charge in [-0.2, -0.15) is 0 Å². The summed E-state index contributed by atoms with van der Waals surface area (Å²) in [6.45, 7) is 3.07. The minimum Gasteiger partial charge on any atom is -0.385 e. The first-order valence-electron chi connectivity index (χ1n) is 6.99. The predicted molar refractivity (Wildman–Crippen MR) is 75.8 cm³/mol. The van der Waals surface area contributed by atoms with Gasteiger partial charge in [0.25, 0.3) is 0 Å². The summed E-state index contributed by atoms with van der Waals surface area (Å²) < 4.78 is 27.4. The fraction of sp³-hybridized carbons (Fsp3) is 0.571. The molecular formula is C14H20N2O2S. The molecule has 1 saturated carbocycles. The van der Waals surface area contributed by atoms with Crippen molar-refractivity contribution in [1.82, 2.24) is 4.72 Å². The number of aryl methyl sites for hydroxylation is 1. The van der Waals surface area contributed by atoms with Gasteiger partial charge in [-0.25, -0.2) is 13.1 Å². The second-order valence-corrected chi connectivity index (χ2v) is 7.20. The number of sulfonamides is 1. The molecule has 1 fully saturated rings. The maximum absolute atomic E-state index is 12.3. The zero-order valence-corrected chi connectivity index (χ0v) is 12.0. The summed E-state index contributed by atoms with van der Waals surface area (Å²) in [5.41, 5.74) is 2.18. The highest BCUT2D eigenvalue weighted by molar-refractivity contribution is 7.89. The molecule has 0 spiro atoms. The Morgan fingerprint density at radius 1 is 1.42 bits per heavy atom. The van der Waals surface area contributed by atoms with Crippen molar-refractivity contribution >= 4 is 15.7 Å². The van der Waals surface area contributed by atoms with Crippen LogP contribution in [0.1, 0.15) is 31.7 Å². The largest absolute Gasteiger partial charge is 0.385 e. The molecule has 5 heteroatoms. The first kappa shape index (κ1) is 12.9. The van der Waals surface area contributed by atoms with Gasteiger partial charge in [-0.3, -0.25) is 0 Å². The number of fused-ring (bicyclic) bond motifs is 1. The van der Waals surface area contributed by atoms with Crippen molar-refractivity contribution in [3.05, 3.63) is 23.8 Å². The first-order chi connectivity index (χ1) is 9.10. The molecule has 1 aliphatic carbocycles.